The summed E-state index contributed by atoms with van der Waals surface area (Å²) in [6.07, 6.45) is 0.907. The molecule has 7 nitrogen and oxygen atoms in total. The highest BCUT2D eigenvalue weighted by molar-refractivity contribution is 5.77. The zero-order valence-electron chi connectivity index (χ0n) is 22.0. The monoisotopic (exact) mass is 481 g/mol. The fourth-order valence-corrected chi connectivity index (χ4v) is 3.27. The molecule has 1 amide bonds. The molecule has 3 rings (SSSR count). The lowest BCUT2D eigenvalue weighted by Crippen LogP contribution is -2.35. The van der Waals surface area contributed by atoms with Crippen molar-refractivity contribution in [2.24, 2.45) is 0 Å². The average molecular weight is 482 g/mol. The molecular formula is C28H39N3O4. The Labute approximate surface area is 208 Å². The van der Waals surface area contributed by atoms with Crippen LogP contribution in [-0.2, 0) is 4.79 Å². The molecule has 7 heteroatoms. The summed E-state index contributed by atoms with van der Waals surface area (Å²) in [5.41, 5.74) is 2.91. The summed E-state index contributed by atoms with van der Waals surface area (Å²) in [6.45, 7) is 15.1. The average Bonchev–Trinajstić information content (AvgIpc) is 2.89. The van der Waals surface area contributed by atoms with Crippen LogP contribution in [0.25, 0.3) is 22.5 Å². The zero-order valence-corrected chi connectivity index (χ0v) is 22.0. The van der Waals surface area contributed by atoms with Gasteiger partial charge in [-0.15, -0.1) is 0 Å². The van der Waals surface area contributed by atoms with Crippen molar-refractivity contribution in [1.82, 2.24) is 14.9 Å². The minimum Gasteiger partial charge on any atom is -0.508 e. The van der Waals surface area contributed by atoms with Gasteiger partial charge >= 0.3 is 5.69 Å². The van der Waals surface area contributed by atoms with Crippen LogP contribution in [-0.4, -0.2) is 45.6 Å². The lowest BCUT2D eigenvalue weighted by Gasteiger charge is -2.20. The van der Waals surface area contributed by atoms with Gasteiger partial charge in [-0.05, 0) is 79.9 Å². The van der Waals surface area contributed by atoms with Gasteiger partial charge < -0.3 is 19.7 Å². The lowest BCUT2D eigenvalue weighted by molar-refractivity contribution is -0.133. The third kappa shape index (κ3) is 8.59. The van der Waals surface area contributed by atoms with Gasteiger partial charge in [0, 0.05) is 18.7 Å². The summed E-state index contributed by atoms with van der Waals surface area (Å²) in [6, 6.07) is 14.1. The number of aromatic nitrogens is 2. The number of H-pyrrole nitrogens is 1. The van der Waals surface area contributed by atoms with Gasteiger partial charge in [0.25, 0.3) is 5.91 Å². The van der Waals surface area contributed by atoms with Crippen LogP contribution in [0, 0.1) is 6.92 Å². The van der Waals surface area contributed by atoms with Crippen LogP contribution in [0.15, 0.2) is 53.3 Å². The maximum atomic E-state index is 12.2. The molecule has 3 aromatic rings. The number of likely N-dealkylation sites (N-methyl/N-ethyl adjacent to an activating group) is 1. The predicted molar refractivity (Wildman–Crippen MR) is 143 cm³/mol. The number of rotatable bonds is 8. The molecule has 2 N–H and O–H groups in total. The predicted octanol–water partition coefficient (Wildman–Crippen LogP) is 5.81. The molecule has 0 spiro atoms. The van der Waals surface area contributed by atoms with E-state index in [2.05, 4.69) is 9.97 Å². The molecule has 1 aromatic heterocycles. The maximum Gasteiger partial charge on any atom is 0.345 e. The molecule has 0 saturated heterocycles. The summed E-state index contributed by atoms with van der Waals surface area (Å²) in [5.74, 6) is 0.732. The van der Waals surface area contributed by atoms with Gasteiger partial charge in [0.05, 0.1) is 11.4 Å². The number of phenolic OH excluding ortho intramolecular Hbond substituents is 1. The summed E-state index contributed by atoms with van der Waals surface area (Å²) < 4.78 is 5.63. The molecule has 1 heterocycles. The molecule has 35 heavy (non-hydrogen) atoms. The van der Waals surface area contributed by atoms with E-state index in [0.29, 0.717) is 29.2 Å². The number of aryl methyl sites for hydroxylation is 1. The summed E-state index contributed by atoms with van der Waals surface area (Å²) in [4.78, 5) is 32.9. The number of benzene rings is 2. The Morgan fingerprint density at radius 1 is 1.00 bits per heavy atom. The van der Waals surface area contributed by atoms with Gasteiger partial charge in [-0.1, -0.05) is 34.6 Å². The Morgan fingerprint density at radius 3 is 2.20 bits per heavy atom. The smallest absolute Gasteiger partial charge is 0.345 e. The molecule has 0 aliphatic rings. The molecule has 0 bridgehead atoms. The summed E-state index contributed by atoms with van der Waals surface area (Å²) >= 11 is 0. The van der Waals surface area contributed by atoms with Crippen molar-refractivity contribution in [3.63, 3.8) is 0 Å². The Kier molecular flexibility index (Phi) is 12.9. The molecule has 0 aliphatic carbocycles. The van der Waals surface area contributed by atoms with E-state index in [9.17, 15) is 14.7 Å². The second kappa shape index (κ2) is 15.3. The summed E-state index contributed by atoms with van der Waals surface area (Å²) in [7, 11) is 0. The first-order valence-corrected chi connectivity index (χ1v) is 12.3. The SMILES string of the molecule is CC.CC.CCCN(CC)C(=O)COc1ccc(-c2cc(-c3ccc(O)c(C)c3)nc(=O)[nH]2)cc1. The molecule has 0 radical (unpaired) electrons. The maximum absolute atomic E-state index is 12.2. The van der Waals surface area contributed by atoms with E-state index in [1.807, 2.05) is 53.7 Å². The van der Waals surface area contributed by atoms with E-state index < -0.39 is 5.69 Å². The van der Waals surface area contributed by atoms with Crippen LogP contribution in [0.1, 0.15) is 53.5 Å². The van der Waals surface area contributed by atoms with Crippen LogP contribution in [0.4, 0.5) is 0 Å². The Morgan fingerprint density at radius 2 is 1.63 bits per heavy atom. The quantitative estimate of drug-likeness (QED) is 0.423. The Bertz CT molecular complexity index is 1110. The molecule has 0 unspecified atom stereocenters. The van der Waals surface area contributed by atoms with Crippen molar-refractivity contribution in [3.05, 3.63) is 64.6 Å². The standard InChI is InChI=1S/C24H27N3O4.2C2H6/c1-4-12-27(5-2)23(29)15-31-19-9-6-17(7-10-19)20-14-21(26-24(30)25-20)18-8-11-22(28)16(3)13-18;2*1-2/h6-11,13-14,28H,4-5,12,15H2,1-3H3,(H,25,26,30);2*1-2H3. The first kappa shape index (κ1) is 29.4. The second-order valence-electron chi connectivity index (χ2n) is 7.27. The molecule has 190 valence electrons. The first-order valence-electron chi connectivity index (χ1n) is 12.3. The number of aromatic amines is 1. The fourth-order valence-electron chi connectivity index (χ4n) is 3.27. The Balaban J connectivity index is 0.00000145. The van der Waals surface area contributed by atoms with Crippen LogP contribution in [0.3, 0.4) is 0 Å². The number of amides is 1. The third-order valence-electron chi connectivity index (χ3n) is 4.99. The minimum atomic E-state index is -0.459. The van der Waals surface area contributed by atoms with Gasteiger partial charge in [0.1, 0.15) is 11.5 Å². The van der Waals surface area contributed by atoms with E-state index >= 15 is 0 Å². The summed E-state index contributed by atoms with van der Waals surface area (Å²) in [5, 5.41) is 9.73. The number of carbonyl (C=O) groups is 1. The molecule has 0 saturated carbocycles. The molecule has 0 atom stereocenters. The van der Waals surface area contributed by atoms with E-state index in [4.69, 9.17) is 4.74 Å². The largest absolute Gasteiger partial charge is 0.508 e. The molecule has 0 aliphatic heterocycles. The number of phenols is 1. The third-order valence-corrected chi connectivity index (χ3v) is 4.99. The topological polar surface area (TPSA) is 95.5 Å². The van der Waals surface area contributed by atoms with Crippen LogP contribution in [0.5, 0.6) is 11.5 Å². The van der Waals surface area contributed by atoms with Crippen molar-refractivity contribution in [1.29, 1.82) is 0 Å². The Hall–Kier alpha value is -3.61. The van der Waals surface area contributed by atoms with E-state index in [0.717, 1.165) is 24.1 Å². The number of hydrogen-bond donors (Lipinski definition) is 2. The van der Waals surface area contributed by atoms with E-state index in [1.54, 1.807) is 48.2 Å². The van der Waals surface area contributed by atoms with E-state index in [-0.39, 0.29) is 18.3 Å². The number of hydrogen-bond acceptors (Lipinski definition) is 5. The lowest BCUT2D eigenvalue weighted by atomic mass is 10.1. The highest BCUT2D eigenvalue weighted by atomic mass is 16.5. The number of ether oxygens (including phenoxy) is 1. The fraction of sp³-hybridized carbons (Fsp3) is 0.393. The van der Waals surface area contributed by atoms with Crippen molar-refractivity contribution < 1.29 is 14.6 Å². The normalized spacial score (nSPS) is 9.80. The van der Waals surface area contributed by atoms with E-state index in [1.165, 1.54) is 0 Å². The van der Waals surface area contributed by atoms with Crippen molar-refractivity contribution in [2.75, 3.05) is 19.7 Å². The highest BCUT2D eigenvalue weighted by Gasteiger charge is 2.12. The minimum absolute atomic E-state index is 0.0103. The van der Waals surface area contributed by atoms with Gasteiger partial charge in [0.15, 0.2) is 6.61 Å². The molecular weight excluding hydrogens is 442 g/mol. The van der Waals surface area contributed by atoms with Gasteiger partial charge in [0.2, 0.25) is 0 Å². The second-order valence-corrected chi connectivity index (χ2v) is 7.27. The number of nitrogens with one attached hydrogen (secondary N) is 1. The number of nitrogens with zero attached hydrogens (tertiary/aromatic N) is 2. The zero-order chi connectivity index (χ0) is 26.4. The first-order chi connectivity index (χ1) is 16.9. The van der Waals surface area contributed by atoms with Crippen LogP contribution in [0.2, 0.25) is 0 Å². The van der Waals surface area contributed by atoms with Crippen LogP contribution < -0.4 is 10.4 Å². The van der Waals surface area contributed by atoms with Gasteiger partial charge in [-0.25, -0.2) is 4.79 Å². The van der Waals surface area contributed by atoms with Crippen molar-refractivity contribution in [3.8, 4) is 34.0 Å². The van der Waals surface area contributed by atoms with Crippen molar-refractivity contribution >= 4 is 5.91 Å². The molecule has 2 aromatic carbocycles. The number of carbonyl (C=O) groups excluding carboxylic acids is 1. The number of aromatic hydroxyl groups is 1. The molecule has 0 fully saturated rings. The highest BCUT2D eigenvalue weighted by Crippen LogP contribution is 2.26. The van der Waals surface area contributed by atoms with Gasteiger partial charge in [-0.3, -0.25) is 4.79 Å². The van der Waals surface area contributed by atoms with Crippen molar-refractivity contribution in [2.45, 2.75) is 54.9 Å². The van der Waals surface area contributed by atoms with Crippen LogP contribution >= 0.6 is 0 Å². The van der Waals surface area contributed by atoms with Gasteiger partial charge in [-0.2, -0.15) is 4.98 Å².